The Morgan fingerprint density at radius 1 is 1.42 bits per heavy atom. The highest BCUT2D eigenvalue weighted by Crippen LogP contribution is 2.42. The molecule has 5 rings (SSSR count). The molecule has 5 atom stereocenters. The Labute approximate surface area is 142 Å². The Morgan fingerprint density at radius 3 is 3.00 bits per heavy atom. The molecule has 4 heteroatoms. The van der Waals surface area contributed by atoms with Crippen molar-refractivity contribution in [1.29, 1.82) is 0 Å². The van der Waals surface area contributed by atoms with E-state index in [2.05, 4.69) is 22.5 Å². The highest BCUT2D eigenvalue weighted by atomic mass is 16.5. The lowest BCUT2D eigenvalue weighted by Gasteiger charge is -2.50. The third kappa shape index (κ3) is 2.50. The number of methoxy groups -OCH3 is 1. The van der Waals surface area contributed by atoms with E-state index in [1.54, 1.807) is 13.3 Å². The molecule has 4 heterocycles. The van der Waals surface area contributed by atoms with Crippen molar-refractivity contribution < 1.29 is 9.84 Å². The molecule has 0 spiro atoms. The maximum absolute atomic E-state index is 11.2. The summed E-state index contributed by atoms with van der Waals surface area (Å²) in [4.78, 5) is 6.86. The van der Waals surface area contributed by atoms with E-state index in [1.165, 1.54) is 6.42 Å². The van der Waals surface area contributed by atoms with Gasteiger partial charge in [0.05, 0.1) is 18.7 Å². The van der Waals surface area contributed by atoms with E-state index in [1.807, 2.05) is 24.3 Å². The Bertz CT molecular complexity index is 760. The number of aliphatic hydroxyl groups excluding tert-OH is 1. The lowest BCUT2D eigenvalue weighted by atomic mass is 9.73. The van der Waals surface area contributed by atoms with Gasteiger partial charge in [-0.25, -0.2) is 0 Å². The van der Waals surface area contributed by atoms with Crippen molar-refractivity contribution in [3.8, 4) is 5.75 Å². The van der Waals surface area contributed by atoms with Gasteiger partial charge < -0.3 is 9.84 Å². The minimum Gasteiger partial charge on any atom is -0.497 e. The Morgan fingerprint density at radius 2 is 2.29 bits per heavy atom. The number of fused-ring (bicyclic) bond motifs is 4. The first-order valence-electron chi connectivity index (χ1n) is 8.68. The van der Waals surface area contributed by atoms with Gasteiger partial charge >= 0.3 is 0 Å². The standard InChI is InChI=1S/C20H24N2O2/c1-3-13-12-22-9-7-14(13)10-19(22)20(23)16-6-8-21-18-5-4-15(24-2)11-17(16)18/h3-6,8,11,13-14,19-20,23H,1,7,9-10,12H2,2H3/t13?,14-,19?,20?/m1/s1. The van der Waals surface area contributed by atoms with Gasteiger partial charge in [0.25, 0.3) is 0 Å². The van der Waals surface area contributed by atoms with E-state index in [9.17, 15) is 5.11 Å². The number of aliphatic hydroxyl groups is 1. The predicted octanol–water partition coefficient (Wildman–Crippen LogP) is 3.17. The minimum atomic E-state index is -0.504. The second-order valence-electron chi connectivity index (χ2n) is 6.97. The molecular weight excluding hydrogens is 300 g/mol. The quantitative estimate of drug-likeness (QED) is 0.878. The molecule has 4 nitrogen and oxygen atoms in total. The average Bonchev–Trinajstić information content (AvgIpc) is 2.66. The van der Waals surface area contributed by atoms with E-state index in [0.29, 0.717) is 11.8 Å². The Hall–Kier alpha value is -1.91. The number of benzene rings is 1. The molecule has 1 N–H and O–H groups in total. The highest BCUT2D eigenvalue weighted by Gasteiger charge is 2.42. The van der Waals surface area contributed by atoms with E-state index in [-0.39, 0.29) is 6.04 Å². The summed E-state index contributed by atoms with van der Waals surface area (Å²) >= 11 is 0. The molecule has 1 aromatic heterocycles. The zero-order valence-electron chi connectivity index (χ0n) is 14.1. The molecule has 0 saturated carbocycles. The lowest BCUT2D eigenvalue weighted by molar-refractivity contribution is -0.0444. The summed E-state index contributed by atoms with van der Waals surface area (Å²) in [6.45, 7) is 6.07. The molecule has 0 amide bonds. The fraction of sp³-hybridized carbons (Fsp3) is 0.450. The van der Waals surface area contributed by atoms with Gasteiger partial charge in [-0.15, -0.1) is 6.58 Å². The van der Waals surface area contributed by atoms with Crippen molar-refractivity contribution in [2.75, 3.05) is 20.2 Å². The molecule has 0 radical (unpaired) electrons. The molecule has 3 saturated heterocycles. The number of pyridine rings is 1. The summed E-state index contributed by atoms with van der Waals surface area (Å²) in [5, 5.41) is 12.1. The Balaban J connectivity index is 1.69. The molecule has 0 aliphatic carbocycles. The number of hydrogen-bond acceptors (Lipinski definition) is 4. The van der Waals surface area contributed by atoms with Gasteiger partial charge in [-0.3, -0.25) is 9.88 Å². The number of aromatic nitrogens is 1. The normalized spacial score (nSPS) is 30.2. The van der Waals surface area contributed by atoms with Crippen LogP contribution in [0.3, 0.4) is 0 Å². The molecule has 1 aromatic carbocycles. The van der Waals surface area contributed by atoms with Gasteiger partial charge in [0, 0.05) is 24.2 Å². The van der Waals surface area contributed by atoms with Gasteiger partial charge in [-0.05, 0) is 61.1 Å². The summed E-state index contributed by atoms with van der Waals surface area (Å²) in [6.07, 6.45) is 5.62. The first-order valence-corrected chi connectivity index (χ1v) is 8.68. The fourth-order valence-electron chi connectivity index (χ4n) is 4.44. The molecule has 3 fully saturated rings. The van der Waals surface area contributed by atoms with Crippen molar-refractivity contribution in [3.63, 3.8) is 0 Å². The van der Waals surface area contributed by atoms with Gasteiger partial charge in [0.1, 0.15) is 5.75 Å². The molecular formula is C20H24N2O2. The number of hydrogen-bond donors (Lipinski definition) is 1. The first kappa shape index (κ1) is 15.6. The molecule has 24 heavy (non-hydrogen) atoms. The van der Waals surface area contributed by atoms with Crippen molar-refractivity contribution >= 4 is 10.9 Å². The topological polar surface area (TPSA) is 45.6 Å². The maximum atomic E-state index is 11.2. The molecule has 3 aliphatic heterocycles. The highest BCUT2D eigenvalue weighted by molar-refractivity contribution is 5.83. The summed E-state index contributed by atoms with van der Waals surface area (Å²) in [6, 6.07) is 7.96. The number of ether oxygens (including phenoxy) is 1. The number of rotatable bonds is 4. The maximum Gasteiger partial charge on any atom is 0.119 e. The summed E-state index contributed by atoms with van der Waals surface area (Å²) in [7, 11) is 1.66. The van der Waals surface area contributed by atoms with Crippen LogP contribution in [-0.4, -0.2) is 41.2 Å². The monoisotopic (exact) mass is 324 g/mol. The zero-order chi connectivity index (χ0) is 16.7. The minimum absolute atomic E-state index is 0.178. The van der Waals surface area contributed by atoms with Crippen molar-refractivity contribution in [2.45, 2.75) is 25.0 Å². The average molecular weight is 324 g/mol. The van der Waals surface area contributed by atoms with Gasteiger partial charge in [0.2, 0.25) is 0 Å². The molecule has 3 aliphatic rings. The summed E-state index contributed by atoms with van der Waals surface area (Å²) in [5.41, 5.74) is 1.85. The Kier molecular flexibility index (Phi) is 4.02. The second-order valence-corrected chi connectivity index (χ2v) is 6.97. The summed E-state index contributed by atoms with van der Waals surface area (Å²) in [5.74, 6) is 2.01. The van der Waals surface area contributed by atoms with Gasteiger partial charge in [0.15, 0.2) is 0 Å². The molecule has 126 valence electrons. The third-order valence-electron chi connectivity index (χ3n) is 5.82. The second kappa shape index (κ2) is 6.19. The van der Waals surface area contributed by atoms with Crippen LogP contribution < -0.4 is 4.74 Å². The van der Waals surface area contributed by atoms with Crippen LogP contribution in [0.1, 0.15) is 24.5 Å². The van der Waals surface area contributed by atoms with Crippen LogP contribution in [0.5, 0.6) is 5.75 Å². The predicted molar refractivity (Wildman–Crippen MR) is 95.0 cm³/mol. The largest absolute Gasteiger partial charge is 0.497 e. The van der Waals surface area contributed by atoms with E-state index in [0.717, 1.165) is 41.7 Å². The van der Waals surface area contributed by atoms with Crippen LogP contribution in [-0.2, 0) is 0 Å². The van der Waals surface area contributed by atoms with Crippen molar-refractivity contribution in [2.24, 2.45) is 11.8 Å². The zero-order valence-corrected chi connectivity index (χ0v) is 14.1. The summed E-state index contributed by atoms with van der Waals surface area (Å²) < 4.78 is 5.35. The van der Waals surface area contributed by atoms with Gasteiger partial charge in [-0.2, -0.15) is 0 Å². The first-order chi connectivity index (χ1) is 11.7. The smallest absolute Gasteiger partial charge is 0.119 e. The molecule has 2 aromatic rings. The van der Waals surface area contributed by atoms with Crippen LogP contribution >= 0.6 is 0 Å². The fourth-order valence-corrected chi connectivity index (χ4v) is 4.44. The van der Waals surface area contributed by atoms with Crippen LogP contribution in [0.4, 0.5) is 0 Å². The van der Waals surface area contributed by atoms with E-state index in [4.69, 9.17) is 4.74 Å². The number of piperidine rings is 3. The van der Waals surface area contributed by atoms with Gasteiger partial charge in [-0.1, -0.05) is 6.08 Å². The van der Waals surface area contributed by atoms with Crippen molar-refractivity contribution in [3.05, 3.63) is 48.7 Å². The lowest BCUT2D eigenvalue weighted by Crippen LogP contribution is -2.54. The van der Waals surface area contributed by atoms with Crippen molar-refractivity contribution in [1.82, 2.24) is 9.88 Å². The van der Waals surface area contributed by atoms with E-state index >= 15 is 0 Å². The van der Waals surface area contributed by atoms with Crippen LogP contribution in [0.15, 0.2) is 43.1 Å². The SMILES string of the molecule is C=CC1CN2CC[C@@H]1CC2C(O)c1ccnc2ccc(OC)cc12. The number of nitrogens with zero attached hydrogens (tertiary/aromatic N) is 2. The van der Waals surface area contributed by atoms with Crippen LogP contribution in [0.2, 0.25) is 0 Å². The third-order valence-corrected chi connectivity index (χ3v) is 5.82. The molecule has 2 bridgehead atoms. The van der Waals surface area contributed by atoms with E-state index < -0.39 is 6.10 Å². The van der Waals surface area contributed by atoms with Crippen LogP contribution in [0, 0.1) is 11.8 Å². The van der Waals surface area contributed by atoms with Crippen LogP contribution in [0.25, 0.3) is 10.9 Å². The molecule has 4 unspecified atom stereocenters.